The van der Waals surface area contributed by atoms with E-state index in [1.807, 2.05) is 0 Å². The van der Waals surface area contributed by atoms with Crippen LogP contribution in [0.3, 0.4) is 0 Å². The highest BCUT2D eigenvalue weighted by atomic mass is 35.5. The number of nitrogens with zero attached hydrogens (tertiary/aromatic N) is 1. The van der Waals surface area contributed by atoms with Gasteiger partial charge in [0.1, 0.15) is 5.82 Å². The number of rotatable bonds is 8. The molecule has 0 spiro atoms. The molecule has 0 unspecified atom stereocenters. The summed E-state index contributed by atoms with van der Waals surface area (Å²) in [6.07, 6.45) is 0. The van der Waals surface area contributed by atoms with Crippen LogP contribution in [0, 0.1) is 5.82 Å². The average molecular weight is 475 g/mol. The predicted molar refractivity (Wildman–Crippen MR) is 121 cm³/mol. The molecule has 3 rings (SSSR count). The van der Waals surface area contributed by atoms with Crippen LogP contribution in [-0.2, 0) is 21.4 Å². The number of halogens is 2. The van der Waals surface area contributed by atoms with Gasteiger partial charge in [-0.25, -0.2) is 12.8 Å². The van der Waals surface area contributed by atoms with Crippen LogP contribution in [0.4, 0.5) is 10.1 Å². The molecule has 32 heavy (non-hydrogen) atoms. The highest BCUT2D eigenvalue weighted by Gasteiger charge is 2.27. The Labute approximate surface area is 190 Å². The van der Waals surface area contributed by atoms with Crippen LogP contribution >= 0.6 is 11.6 Å². The third-order valence-corrected chi connectivity index (χ3v) is 6.68. The van der Waals surface area contributed by atoms with E-state index in [4.69, 9.17) is 11.6 Å². The minimum absolute atomic E-state index is 0.0253. The number of benzene rings is 3. The van der Waals surface area contributed by atoms with E-state index < -0.39 is 28.3 Å². The summed E-state index contributed by atoms with van der Waals surface area (Å²) in [5.41, 5.74) is 1.43. The van der Waals surface area contributed by atoms with Crippen molar-refractivity contribution >= 4 is 39.0 Å². The van der Waals surface area contributed by atoms with E-state index in [1.165, 1.54) is 55.5 Å². The van der Waals surface area contributed by atoms with Crippen molar-refractivity contribution in [2.45, 2.75) is 18.4 Å². The van der Waals surface area contributed by atoms with Gasteiger partial charge in [0.2, 0.25) is 15.9 Å². The van der Waals surface area contributed by atoms with Gasteiger partial charge in [0.25, 0.3) is 0 Å². The maximum atomic E-state index is 13.3. The van der Waals surface area contributed by atoms with Crippen molar-refractivity contribution in [3.05, 3.63) is 94.8 Å². The van der Waals surface area contributed by atoms with E-state index >= 15 is 0 Å². The van der Waals surface area contributed by atoms with Crippen molar-refractivity contribution in [2.24, 2.45) is 0 Å². The van der Waals surface area contributed by atoms with Gasteiger partial charge in [-0.15, -0.1) is 0 Å². The summed E-state index contributed by atoms with van der Waals surface area (Å²) in [5, 5.41) is 3.00. The molecular formula is C23H20ClFN2O4S. The topological polar surface area (TPSA) is 83.6 Å². The second kappa shape index (κ2) is 10.0. The van der Waals surface area contributed by atoms with E-state index in [2.05, 4.69) is 5.32 Å². The van der Waals surface area contributed by atoms with Crippen LogP contribution in [-0.4, -0.2) is 31.0 Å². The first-order valence-corrected chi connectivity index (χ1v) is 11.4. The summed E-state index contributed by atoms with van der Waals surface area (Å²) in [7, 11) is -4.06. The summed E-state index contributed by atoms with van der Waals surface area (Å²) in [5.74, 6) is -1.13. The Kier molecular flexibility index (Phi) is 7.40. The second-order valence-electron chi connectivity index (χ2n) is 7.04. The van der Waals surface area contributed by atoms with Crippen molar-refractivity contribution in [1.82, 2.24) is 4.31 Å². The van der Waals surface area contributed by atoms with E-state index in [0.29, 0.717) is 21.8 Å². The zero-order valence-corrected chi connectivity index (χ0v) is 18.7. The third kappa shape index (κ3) is 6.00. The van der Waals surface area contributed by atoms with Crippen LogP contribution < -0.4 is 5.32 Å². The lowest BCUT2D eigenvalue weighted by Gasteiger charge is -2.22. The molecule has 0 saturated carbocycles. The standard InChI is InChI=1S/C23H20ClFN2O4S/c1-16(28)18-4-10-21(11-5-18)26-23(29)15-27(14-17-2-8-20(25)9-3-17)32(30,31)22-12-6-19(24)7-13-22/h2-13H,14-15H2,1H3,(H,26,29). The summed E-state index contributed by atoms with van der Waals surface area (Å²) in [6.45, 7) is 0.821. The number of ketones is 1. The number of hydrogen-bond donors (Lipinski definition) is 1. The van der Waals surface area contributed by atoms with E-state index in [9.17, 15) is 22.4 Å². The molecule has 0 aromatic heterocycles. The molecule has 0 aliphatic heterocycles. The van der Waals surface area contributed by atoms with Gasteiger partial charge in [-0.3, -0.25) is 9.59 Å². The summed E-state index contributed by atoms with van der Waals surface area (Å²) in [6, 6.07) is 17.2. The minimum atomic E-state index is -4.06. The first kappa shape index (κ1) is 23.6. The normalized spacial score (nSPS) is 11.4. The number of carbonyl (C=O) groups is 2. The van der Waals surface area contributed by atoms with Crippen molar-refractivity contribution in [2.75, 3.05) is 11.9 Å². The van der Waals surface area contributed by atoms with Crippen LogP contribution in [0.25, 0.3) is 0 Å². The molecule has 6 nitrogen and oxygen atoms in total. The number of nitrogens with one attached hydrogen (secondary N) is 1. The zero-order valence-electron chi connectivity index (χ0n) is 17.1. The Hall–Kier alpha value is -3.07. The van der Waals surface area contributed by atoms with Crippen molar-refractivity contribution < 1.29 is 22.4 Å². The number of hydrogen-bond acceptors (Lipinski definition) is 4. The Balaban J connectivity index is 1.84. The fourth-order valence-corrected chi connectivity index (χ4v) is 4.43. The van der Waals surface area contributed by atoms with E-state index in [-0.39, 0.29) is 17.2 Å². The molecule has 3 aromatic rings. The number of Topliss-reactive ketones (excluding diaryl/α,β-unsaturated/α-hetero) is 1. The first-order valence-electron chi connectivity index (χ1n) is 9.56. The average Bonchev–Trinajstić information content (AvgIpc) is 2.75. The highest BCUT2D eigenvalue weighted by molar-refractivity contribution is 7.89. The number of sulfonamides is 1. The molecule has 166 valence electrons. The maximum Gasteiger partial charge on any atom is 0.243 e. The Morgan fingerprint density at radius 3 is 2.09 bits per heavy atom. The lowest BCUT2D eigenvalue weighted by atomic mass is 10.1. The van der Waals surface area contributed by atoms with Gasteiger partial charge in [0, 0.05) is 22.8 Å². The van der Waals surface area contributed by atoms with Crippen molar-refractivity contribution in [3.63, 3.8) is 0 Å². The number of amides is 1. The van der Waals surface area contributed by atoms with Gasteiger partial charge in [-0.2, -0.15) is 4.31 Å². The van der Waals surface area contributed by atoms with Gasteiger partial charge in [-0.1, -0.05) is 23.7 Å². The SMILES string of the molecule is CC(=O)c1ccc(NC(=O)CN(Cc2ccc(F)cc2)S(=O)(=O)c2ccc(Cl)cc2)cc1. The highest BCUT2D eigenvalue weighted by Crippen LogP contribution is 2.21. The summed E-state index contributed by atoms with van der Waals surface area (Å²) >= 11 is 5.86. The van der Waals surface area contributed by atoms with Crippen LogP contribution in [0.5, 0.6) is 0 Å². The van der Waals surface area contributed by atoms with Gasteiger partial charge in [0.15, 0.2) is 5.78 Å². The van der Waals surface area contributed by atoms with E-state index in [1.54, 1.807) is 24.3 Å². The van der Waals surface area contributed by atoms with Gasteiger partial charge in [-0.05, 0) is 73.2 Å². The van der Waals surface area contributed by atoms with Gasteiger partial charge < -0.3 is 5.32 Å². The largest absolute Gasteiger partial charge is 0.325 e. The van der Waals surface area contributed by atoms with Crippen LogP contribution in [0.2, 0.25) is 5.02 Å². The maximum absolute atomic E-state index is 13.3. The Morgan fingerprint density at radius 2 is 1.53 bits per heavy atom. The Bertz CT molecular complexity index is 1210. The second-order valence-corrected chi connectivity index (χ2v) is 9.41. The third-order valence-electron chi connectivity index (χ3n) is 4.62. The molecule has 1 amide bonds. The molecular weight excluding hydrogens is 455 g/mol. The Morgan fingerprint density at radius 1 is 0.938 bits per heavy atom. The summed E-state index contributed by atoms with van der Waals surface area (Å²) < 4.78 is 40.7. The monoisotopic (exact) mass is 474 g/mol. The molecule has 0 radical (unpaired) electrons. The molecule has 0 saturated heterocycles. The van der Waals surface area contributed by atoms with Crippen LogP contribution in [0.1, 0.15) is 22.8 Å². The summed E-state index contributed by atoms with van der Waals surface area (Å²) in [4.78, 5) is 24.0. The fraction of sp³-hybridized carbons (Fsp3) is 0.130. The minimum Gasteiger partial charge on any atom is -0.325 e. The zero-order chi connectivity index (χ0) is 23.3. The predicted octanol–water partition coefficient (Wildman–Crippen LogP) is 4.51. The quantitative estimate of drug-likeness (QED) is 0.487. The fourth-order valence-electron chi connectivity index (χ4n) is 2.92. The van der Waals surface area contributed by atoms with Crippen molar-refractivity contribution in [1.29, 1.82) is 0 Å². The molecule has 0 aliphatic carbocycles. The molecule has 0 atom stereocenters. The van der Waals surface area contributed by atoms with E-state index in [0.717, 1.165) is 4.31 Å². The van der Waals surface area contributed by atoms with Crippen molar-refractivity contribution in [3.8, 4) is 0 Å². The lowest BCUT2D eigenvalue weighted by molar-refractivity contribution is -0.116. The van der Waals surface area contributed by atoms with Gasteiger partial charge >= 0.3 is 0 Å². The molecule has 0 bridgehead atoms. The molecule has 1 N–H and O–H groups in total. The van der Waals surface area contributed by atoms with Crippen LogP contribution in [0.15, 0.2) is 77.7 Å². The number of carbonyl (C=O) groups excluding carboxylic acids is 2. The molecule has 3 aromatic carbocycles. The smallest absolute Gasteiger partial charge is 0.243 e. The molecule has 0 aliphatic rings. The molecule has 9 heteroatoms. The number of anilines is 1. The van der Waals surface area contributed by atoms with Gasteiger partial charge in [0.05, 0.1) is 11.4 Å². The lowest BCUT2D eigenvalue weighted by Crippen LogP contribution is -2.37. The molecule has 0 heterocycles. The molecule has 0 fully saturated rings. The first-order chi connectivity index (χ1) is 15.1.